The lowest BCUT2D eigenvalue weighted by molar-refractivity contribution is 0.0926. The van der Waals surface area contributed by atoms with E-state index in [4.69, 9.17) is 5.26 Å². The summed E-state index contributed by atoms with van der Waals surface area (Å²) in [7, 11) is 0. The number of fused-ring (bicyclic) bond motifs is 1. The molecule has 0 saturated heterocycles. The number of amides is 2. The van der Waals surface area contributed by atoms with Crippen LogP contribution in [0.1, 0.15) is 31.8 Å². The SMILES string of the molecule is Cc1ccc(N2C(=O)c3ccccc3C2=O)cc1C#N. The largest absolute Gasteiger partial charge is 0.268 e. The van der Waals surface area contributed by atoms with Gasteiger partial charge in [0, 0.05) is 0 Å². The second-order valence-electron chi connectivity index (χ2n) is 4.60. The maximum absolute atomic E-state index is 12.3. The molecular formula is C16H10N2O2. The Hall–Kier alpha value is -2.93. The van der Waals surface area contributed by atoms with Crippen molar-refractivity contribution in [2.45, 2.75) is 6.92 Å². The van der Waals surface area contributed by atoms with E-state index in [0.29, 0.717) is 22.4 Å². The standard InChI is InChI=1S/C16H10N2O2/c1-10-6-7-12(8-11(10)9-17)18-15(19)13-4-2-3-5-14(13)16(18)20/h2-8H,1H3. The number of benzene rings is 2. The molecule has 0 fully saturated rings. The number of hydrogen-bond donors (Lipinski definition) is 0. The molecule has 96 valence electrons. The van der Waals surface area contributed by atoms with Crippen molar-refractivity contribution in [1.82, 2.24) is 0 Å². The van der Waals surface area contributed by atoms with Crippen molar-refractivity contribution >= 4 is 17.5 Å². The number of imide groups is 1. The Morgan fingerprint density at radius 2 is 1.60 bits per heavy atom. The summed E-state index contributed by atoms with van der Waals surface area (Å²) in [6.45, 7) is 1.81. The average molecular weight is 262 g/mol. The minimum absolute atomic E-state index is 0.349. The lowest BCUT2D eigenvalue weighted by Gasteiger charge is -2.14. The molecule has 0 bridgehead atoms. The van der Waals surface area contributed by atoms with Gasteiger partial charge in [-0.3, -0.25) is 9.59 Å². The number of hydrogen-bond acceptors (Lipinski definition) is 3. The quantitative estimate of drug-likeness (QED) is 0.742. The molecule has 1 aliphatic rings. The van der Waals surface area contributed by atoms with Crippen molar-refractivity contribution in [3.8, 4) is 6.07 Å². The van der Waals surface area contributed by atoms with Gasteiger partial charge in [-0.05, 0) is 36.8 Å². The molecule has 0 saturated carbocycles. The van der Waals surface area contributed by atoms with Gasteiger partial charge in [0.15, 0.2) is 0 Å². The maximum Gasteiger partial charge on any atom is 0.266 e. The third-order valence-corrected chi connectivity index (χ3v) is 3.39. The van der Waals surface area contributed by atoms with Crippen LogP contribution in [0.2, 0.25) is 0 Å². The van der Waals surface area contributed by atoms with Crippen LogP contribution < -0.4 is 4.90 Å². The average Bonchev–Trinajstić information content (AvgIpc) is 2.72. The minimum atomic E-state index is -0.349. The van der Waals surface area contributed by atoms with Crippen LogP contribution >= 0.6 is 0 Å². The van der Waals surface area contributed by atoms with Crippen LogP contribution in [-0.4, -0.2) is 11.8 Å². The summed E-state index contributed by atoms with van der Waals surface area (Å²) in [5, 5.41) is 9.05. The first-order chi connectivity index (χ1) is 9.63. The molecule has 2 amide bonds. The fourth-order valence-electron chi connectivity index (χ4n) is 2.29. The lowest BCUT2D eigenvalue weighted by atomic mass is 10.1. The number of anilines is 1. The normalized spacial score (nSPS) is 13.3. The molecule has 0 unspecified atom stereocenters. The van der Waals surface area contributed by atoms with Crippen LogP contribution in [0, 0.1) is 18.3 Å². The Balaban J connectivity index is 2.12. The van der Waals surface area contributed by atoms with Gasteiger partial charge in [-0.15, -0.1) is 0 Å². The maximum atomic E-state index is 12.3. The zero-order chi connectivity index (χ0) is 14.3. The molecule has 0 radical (unpaired) electrons. The Morgan fingerprint density at radius 1 is 1.00 bits per heavy atom. The highest BCUT2D eigenvalue weighted by Gasteiger charge is 2.36. The summed E-state index contributed by atoms with van der Waals surface area (Å²) in [4.78, 5) is 25.7. The summed E-state index contributed by atoms with van der Waals surface area (Å²) in [6, 6.07) is 13.8. The van der Waals surface area contributed by atoms with Crippen molar-refractivity contribution in [3.63, 3.8) is 0 Å². The highest BCUT2D eigenvalue weighted by molar-refractivity contribution is 6.34. The Bertz CT molecular complexity index is 752. The smallest absolute Gasteiger partial charge is 0.266 e. The van der Waals surface area contributed by atoms with Crippen LogP contribution in [0.4, 0.5) is 5.69 Å². The van der Waals surface area contributed by atoms with Gasteiger partial charge in [-0.1, -0.05) is 18.2 Å². The first-order valence-electron chi connectivity index (χ1n) is 6.12. The monoisotopic (exact) mass is 262 g/mol. The highest BCUT2D eigenvalue weighted by atomic mass is 16.2. The fourth-order valence-corrected chi connectivity index (χ4v) is 2.29. The molecule has 3 rings (SSSR count). The molecule has 0 atom stereocenters. The van der Waals surface area contributed by atoms with Gasteiger partial charge in [0.1, 0.15) is 0 Å². The minimum Gasteiger partial charge on any atom is -0.268 e. The summed E-state index contributed by atoms with van der Waals surface area (Å²) in [6.07, 6.45) is 0. The zero-order valence-corrected chi connectivity index (χ0v) is 10.8. The number of carbonyl (C=O) groups is 2. The van der Waals surface area contributed by atoms with Gasteiger partial charge in [-0.25, -0.2) is 4.90 Å². The molecule has 2 aromatic rings. The van der Waals surface area contributed by atoms with E-state index in [1.807, 2.05) is 6.92 Å². The van der Waals surface area contributed by atoms with Crippen LogP contribution in [0.5, 0.6) is 0 Å². The molecule has 2 aromatic carbocycles. The van der Waals surface area contributed by atoms with E-state index >= 15 is 0 Å². The van der Waals surface area contributed by atoms with Gasteiger partial charge in [0.25, 0.3) is 11.8 Å². The lowest BCUT2D eigenvalue weighted by Crippen LogP contribution is -2.29. The molecular weight excluding hydrogens is 252 g/mol. The fraction of sp³-hybridized carbons (Fsp3) is 0.0625. The Kier molecular flexibility index (Phi) is 2.62. The molecule has 20 heavy (non-hydrogen) atoms. The highest BCUT2D eigenvalue weighted by Crippen LogP contribution is 2.29. The van der Waals surface area contributed by atoms with Crippen molar-refractivity contribution in [2.24, 2.45) is 0 Å². The Morgan fingerprint density at radius 3 is 2.15 bits per heavy atom. The first kappa shape index (κ1) is 12.1. The summed E-state index contributed by atoms with van der Waals surface area (Å²) in [5.74, 6) is -0.698. The summed E-state index contributed by atoms with van der Waals surface area (Å²) < 4.78 is 0. The molecule has 1 heterocycles. The van der Waals surface area contributed by atoms with Gasteiger partial charge in [0.2, 0.25) is 0 Å². The Labute approximate surface area is 115 Å². The third kappa shape index (κ3) is 1.61. The second kappa shape index (κ2) is 4.32. The van der Waals surface area contributed by atoms with E-state index in [0.717, 1.165) is 10.5 Å². The third-order valence-electron chi connectivity index (χ3n) is 3.39. The van der Waals surface area contributed by atoms with E-state index in [1.54, 1.807) is 42.5 Å². The topological polar surface area (TPSA) is 61.2 Å². The molecule has 0 aromatic heterocycles. The molecule has 1 aliphatic heterocycles. The van der Waals surface area contributed by atoms with Gasteiger partial charge >= 0.3 is 0 Å². The van der Waals surface area contributed by atoms with Gasteiger partial charge in [-0.2, -0.15) is 5.26 Å². The van der Waals surface area contributed by atoms with Crippen LogP contribution in [0.15, 0.2) is 42.5 Å². The van der Waals surface area contributed by atoms with E-state index in [2.05, 4.69) is 6.07 Å². The zero-order valence-electron chi connectivity index (χ0n) is 10.8. The van der Waals surface area contributed by atoms with Crippen molar-refractivity contribution in [2.75, 3.05) is 4.90 Å². The van der Waals surface area contributed by atoms with Gasteiger partial charge in [0.05, 0.1) is 28.4 Å². The first-order valence-corrected chi connectivity index (χ1v) is 6.12. The second-order valence-corrected chi connectivity index (χ2v) is 4.60. The number of nitriles is 1. The van der Waals surface area contributed by atoms with Crippen LogP contribution in [-0.2, 0) is 0 Å². The van der Waals surface area contributed by atoms with Crippen molar-refractivity contribution < 1.29 is 9.59 Å². The molecule has 0 N–H and O–H groups in total. The van der Waals surface area contributed by atoms with Crippen molar-refractivity contribution in [1.29, 1.82) is 5.26 Å². The van der Waals surface area contributed by atoms with E-state index < -0.39 is 0 Å². The summed E-state index contributed by atoms with van der Waals surface area (Å²) >= 11 is 0. The van der Waals surface area contributed by atoms with Gasteiger partial charge < -0.3 is 0 Å². The number of aryl methyl sites for hydroxylation is 1. The molecule has 4 heteroatoms. The van der Waals surface area contributed by atoms with Crippen molar-refractivity contribution in [3.05, 3.63) is 64.7 Å². The predicted octanol–water partition coefficient (Wildman–Crippen LogP) is 2.67. The predicted molar refractivity (Wildman–Crippen MR) is 73.5 cm³/mol. The van der Waals surface area contributed by atoms with Crippen LogP contribution in [0.3, 0.4) is 0 Å². The molecule has 4 nitrogen and oxygen atoms in total. The molecule has 0 spiro atoms. The number of rotatable bonds is 1. The molecule has 0 aliphatic carbocycles. The summed E-state index contributed by atoms with van der Waals surface area (Å²) in [5.41, 5.74) is 2.50. The number of nitrogens with zero attached hydrogens (tertiary/aromatic N) is 2. The van der Waals surface area contributed by atoms with Crippen LogP contribution in [0.25, 0.3) is 0 Å². The van der Waals surface area contributed by atoms with E-state index in [-0.39, 0.29) is 11.8 Å². The number of carbonyl (C=O) groups excluding carboxylic acids is 2. The van der Waals surface area contributed by atoms with E-state index in [1.165, 1.54) is 0 Å². The van der Waals surface area contributed by atoms with E-state index in [9.17, 15) is 9.59 Å².